The maximum Gasteiger partial charge on any atom is 0.291 e. The van der Waals surface area contributed by atoms with E-state index >= 15 is 0 Å². The molecule has 2 aromatic carbocycles. The number of amides is 3. The molecule has 164 valence electrons. The van der Waals surface area contributed by atoms with Gasteiger partial charge < -0.3 is 25.1 Å². The lowest BCUT2D eigenvalue weighted by atomic mass is 10.1. The Morgan fingerprint density at radius 3 is 2.41 bits per heavy atom. The van der Waals surface area contributed by atoms with Crippen molar-refractivity contribution in [2.24, 2.45) is 0 Å². The zero-order valence-corrected chi connectivity index (χ0v) is 17.3. The molecule has 4 rings (SSSR count). The first-order valence-corrected chi connectivity index (χ1v) is 10.4. The van der Waals surface area contributed by atoms with Crippen LogP contribution in [0.4, 0.5) is 11.4 Å². The van der Waals surface area contributed by atoms with Crippen molar-refractivity contribution in [3.05, 3.63) is 83.8 Å². The first-order chi connectivity index (χ1) is 15.6. The van der Waals surface area contributed by atoms with E-state index in [0.29, 0.717) is 29.0 Å². The SMILES string of the molecule is O=C(Nc1ccccc1C(=O)NCC1CCCO1)c1ccc(NC(=O)c2ccco2)cc1. The van der Waals surface area contributed by atoms with E-state index in [9.17, 15) is 14.4 Å². The minimum Gasteiger partial charge on any atom is -0.459 e. The second-order valence-electron chi connectivity index (χ2n) is 7.35. The van der Waals surface area contributed by atoms with Gasteiger partial charge in [-0.3, -0.25) is 14.4 Å². The van der Waals surface area contributed by atoms with Gasteiger partial charge in [0, 0.05) is 24.4 Å². The summed E-state index contributed by atoms with van der Waals surface area (Å²) in [7, 11) is 0. The molecule has 1 unspecified atom stereocenters. The topological polar surface area (TPSA) is 110 Å². The normalized spacial score (nSPS) is 15.2. The Bertz CT molecular complexity index is 1090. The van der Waals surface area contributed by atoms with Crippen LogP contribution in [0.2, 0.25) is 0 Å². The maximum atomic E-state index is 12.7. The molecule has 0 radical (unpaired) electrons. The summed E-state index contributed by atoms with van der Waals surface area (Å²) in [5.41, 5.74) is 1.70. The van der Waals surface area contributed by atoms with Crippen LogP contribution in [0.15, 0.2) is 71.3 Å². The van der Waals surface area contributed by atoms with E-state index < -0.39 is 0 Å². The zero-order valence-electron chi connectivity index (χ0n) is 17.3. The lowest BCUT2D eigenvalue weighted by Crippen LogP contribution is -2.32. The number of hydrogen-bond donors (Lipinski definition) is 3. The van der Waals surface area contributed by atoms with Gasteiger partial charge >= 0.3 is 0 Å². The summed E-state index contributed by atoms with van der Waals surface area (Å²) in [4.78, 5) is 37.4. The van der Waals surface area contributed by atoms with Gasteiger partial charge in [-0.1, -0.05) is 12.1 Å². The highest BCUT2D eigenvalue weighted by Gasteiger charge is 2.19. The fourth-order valence-corrected chi connectivity index (χ4v) is 3.40. The van der Waals surface area contributed by atoms with Crippen LogP contribution in [0.5, 0.6) is 0 Å². The van der Waals surface area contributed by atoms with E-state index in [0.717, 1.165) is 19.4 Å². The second kappa shape index (κ2) is 9.93. The minimum absolute atomic E-state index is 0.0347. The van der Waals surface area contributed by atoms with Crippen LogP contribution in [0.1, 0.15) is 44.1 Å². The summed E-state index contributed by atoms with van der Waals surface area (Å²) >= 11 is 0. The maximum absolute atomic E-state index is 12.7. The Morgan fingerprint density at radius 2 is 1.69 bits per heavy atom. The average molecular weight is 433 g/mol. The molecule has 1 fully saturated rings. The molecule has 32 heavy (non-hydrogen) atoms. The molecule has 0 bridgehead atoms. The van der Waals surface area contributed by atoms with Crippen molar-refractivity contribution in [1.82, 2.24) is 5.32 Å². The van der Waals surface area contributed by atoms with Gasteiger partial charge in [0.05, 0.1) is 23.6 Å². The van der Waals surface area contributed by atoms with E-state index in [2.05, 4.69) is 16.0 Å². The zero-order chi connectivity index (χ0) is 22.3. The van der Waals surface area contributed by atoms with Crippen molar-refractivity contribution < 1.29 is 23.5 Å². The molecular weight excluding hydrogens is 410 g/mol. The molecule has 0 spiro atoms. The molecule has 1 aliphatic heterocycles. The number of hydrogen-bond acceptors (Lipinski definition) is 5. The highest BCUT2D eigenvalue weighted by atomic mass is 16.5. The molecule has 2 heterocycles. The molecule has 8 nitrogen and oxygen atoms in total. The van der Waals surface area contributed by atoms with E-state index in [4.69, 9.17) is 9.15 Å². The summed E-state index contributed by atoms with van der Waals surface area (Å²) in [6.45, 7) is 1.16. The minimum atomic E-state index is -0.379. The number of anilines is 2. The number of carbonyl (C=O) groups excluding carboxylic acids is 3. The molecule has 1 aromatic heterocycles. The number of benzene rings is 2. The number of rotatable bonds is 7. The van der Waals surface area contributed by atoms with Crippen LogP contribution in [0, 0.1) is 0 Å². The first kappa shape index (κ1) is 21.3. The highest BCUT2D eigenvalue weighted by Crippen LogP contribution is 2.18. The number of para-hydroxylation sites is 1. The van der Waals surface area contributed by atoms with Gasteiger partial charge in [0.25, 0.3) is 17.7 Å². The number of nitrogens with one attached hydrogen (secondary N) is 3. The first-order valence-electron chi connectivity index (χ1n) is 10.4. The van der Waals surface area contributed by atoms with Crippen LogP contribution in [0.3, 0.4) is 0 Å². The third-order valence-electron chi connectivity index (χ3n) is 5.08. The predicted molar refractivity (Wildman–Crippen MR) is 119 cm³/mol. The average Bonchev–Trinajstić information content (AvgIpc) is 3.53. The Hall–Kier alpha value is -3.91. The molecule has 8 heteroatoms. The van der Waals surface area contributed by atoms with Crippen LogP contribution in [0.25, 0.3) is 0 Å². The standard InChI is InChI=1S/C24H23N3O5/c28-22(16-9-11-17(12-10-16)26-24(30)21-8-4-14-32-21)27-20-7-2-1-6-19(20)23(29)25-15-18-5-3-13-31-18/h1-2,4,6-12,14,18H,3,5,13,15H2,(H,25,29)(H,26,30)(H,27,28). The summed E-state index contributed by atoms with van der Waals surface area (Å²) in [6, 6.07) is 16.4. The van der Waals surface area contributed by atoms with Gasteiger partial charge in [-0.25, -0.2) is 0 Å². The van der Waals surface area contributed by atoms with Gasteiger partial charge in [-0.05, 0) is 61.4 Å². The molecule has 3 amide bonds. The molecule has 3 aromatic rings. The molecule has 3 N–H and O–H groups in total. The van der Waals surface area contributed by atoms with Crippen molar-refractivity contribution in [2.75, 3.05) is 23.8 Å². The number of ether oxygens (including phenoxy) is 1. The van der Waals surface area contributed by atoms with E-state index in [1.165, 1.54) is 6.26 Å². The molecule has 1 saturated heterocycles. The lowest BCUT2D eigenvalue weighted by molar-refractivity contribution is 0.0858. The van der Waals surface area contributed by atoms with Gasteiger partial charge in [0.2, 0.25) is 0 Å². The van der Waals surface area contributed by atoms with Crippen LogP contribution in [-0.4, -0.2) is 37.0 Å². The molecule has 0 aliphatic carbocycles. The number of furan rings is 1. The van der Waals surface area contributed by atoms with Crippen LogP contribution >= 0.6 is 0 Å². The Morgan fingerprint density at radius 1 is 0.875 bits per heavy atom. The fourth-order valence-electron chi connectivity index (χ4n) is 3.40. The van der Waals surface area contributed by atoms with Gasteiger partial charge in [-0.2, -0.15) is 0 Å². The van der Waals surface area contributed by atoms with Crippen molar-refractivity contribution in [1.29, 1.82) is 0 Å². The molecule has 0 saturated carbocycles. The van der Waals surface area contributed by atoms with Gasteiger partial charge in [0.15, 0.2) is 5.76 Å². The van der Waals surface area contributed by atoms with Crippen molar-refractivity contribution in [3.63, 3.8) is 0 Å². The quantitative estimate of drug-likeness (QED) is 0.526. The molecule has 1 aliphatic rings. The predicted octanol–water partition coefficient (Wildman–Crippen LogP) is 3.69. The largest absolute Gasteiger partial charge is 0.459 e. The van der Waals surface area contributed by atoms with Crippen molar-refractivity contribution in [2.45, 2.75) is 18.9 Å². The van der Waals surface area contributed by atoms with Gasteiger partial charge in [0.1, 0.15) is 0 Å². The molecular formula is C24H23N3O5. The molecule has 1 atom stereocenters. The Kier molecular flexibility index (Phi) is 6.62. The third kappa shape index (κ3) is 5.22. The summed E-state index contributed by atoms with van der Waals surface area (Å²) in [5.74, 6) is -0.822. The number of carbonyl (C=O) groups is 3. The van der Waals surface area contributed by atoms with E-state index in [1.807, 2.05) is 0 Å². The summed E-state index contributed by atoms with van der Waals surface area (Å²) in [6.07, 6.45) is 3.38. The van der Waals surface area contributed by atoms with Crippen molar-refractivity contribution in [3.8, 4) is 0 Å². The van der Waals surface area contributed by atoms with E-state index in [1.54, 1.807) is 60.7 Å². The van der Waals surface area contributed by atoms with Crippen LogP contribution < -0.4 is 16.0 Å². The van der Waals surface area contributed by atoms with E-state index in [-0.39, 0.29) is 29.6 Å². The smallest absolute Gasteiger partial charge is 0.291 e. The summed E-state index contributed by atoms with van der Waals surface area (Å²) < 4.78 is 10.6. The highest BCUT2D eigenvalue weighted by molar-refractivity contribution is 6.09. The van der Waals surface area contributed by atoms with Gasteiger partial charge in [-0.15, -0.1) is 0 Å². The third-order valence-corrected chi connectivity index (χ3v) is 5.08. The Labute approximate surface area is 185 Å². The van der Waals surface area contributed by atoms with Crippen LogP contribution in [-0.2, 0) is 4.74 Å². The van der Waals surface area contributed by atoms with Crippen molar-refractivity contribution >= 4 is 29.1 Å². The second-order valence-corrected chi connectivity index (χ2v) is 7.35. The Balaban J connectivity index is 1.38. The summed E-state index contributed by atoms with van der Waals surface area (Å²) in [5, 5.41) is 8.35. The lowest BCUT2D eigenvalue weighted by Gasteiger charge is -2.14. The monoisotopic (exact) mass is 433 g/mol. The fraction of sp³-hybridized carbons (Fsp3) is 0.208.